The van der Waals surface area contributed by atoms with E-state index in [0.29, 0.717) is 11.8 Å². The summed E-state index contributed by atoms with van der Waals surface area (Å²) in [5, 5.41) is 17.5. The fourth-order valence-electron chi connectivity index (χ4n) is 1.81. The topological polar surface area (TPSA) is 44.0 Å². The van der Waals surface area contributed by atoms with Gasteiger partial charge in [0, 0.05) is 12.2 Å². The van der Waals surface area contributed by atoms with E-state index in [4.69, 9.17) is 10.4 Å². The Bertz CT molecular complexity index is 273. The maximum Gasteiger partial charge on any atom is 0.0947 e. The predicted octanol–water partition coefficient (Wildman–Crippen LogP) is 2.42. The van der Waals surface area contributed by atoms with Crippen LogP contribution in [0.4, 0.5) is 0 Å². The lowest BCUT2D eigenvalue weighted by Crippen LogP contribution is -2.12. The van der Waals surface area contributed by atoms with E-state index < -0.39 is 0 Å². The molecule has 0 saturated carbocycles. The van der Waals surface area contributed by atoms with Crippen molar-refractivity contribution >= 4 is 0 Å². The number of allylic oxidation sites excluding steroid dienone is 4. The van der Waals surface area contributed by atoms with Crippen LogP contribution in [-0.4, -0.2) is 11.7 Å². The van der Waals surface area contributed by atoms with Gasteiger partial charge in [-0.1, -0.05) is 19.1 Å². The maximum atomic E-state index is 8.77. The average Bonchev–Trinajstić information content (AvgIpc) is 2.26. The first-order valence-corrected chi connectivity index (χ1v) is 5.16. The number of rotatable bonds is 4. The molecule has 0 radical (unpaired) electrons. The van der Waals surface area contributed by atoms with Crippen LogP contribution >= 0.6 is 0 Å². The number of nitrogens with zero attached hydrogens (tertiary/aromatic N) is 1. The highest BCUT2D eigenvalue weighted by atomic mass is 16.2. The molecule has 0 aliphatic heterocycles. The zero-order valence-corrected chi connectivity index (χ0v) is 8.61. The smallest absolute Gasteiger partial charge is 0.0947 e. The summed E-state index contributed by atoms with van der Waals surface area (Å²) in [6.07, 6.45) is 8.78. The van der Waals surface area contributed by atoms with Crippen LogP contribution in [0.15, 0.2) is 23.8 Å². The molecule has 0 bridgehead atoms. The lowest BCUT2D eigenvalue weighted by molar-refractivity contribution is 0.263. The summed E-state index contributed by atoms with van der Waals surface area (Å²) in [6, 6.07) is 2.21. The van der Waals surface area contributed by atoms with E-state index in [9.17, 15) is 0 Å². The molecule has 76 valence electrons. The van der Waals surface area contributed by atoms with Crippen LogP contribution in [0.2, 0.25) is 0 Å². The molecule has 0 saturated heterocycles. The Morgan fingerprint density at radius 3 is 3.14 bits per heavy atom. The van der Waals surface area contributed by atoms with Gasteiger partial charge in [-0.3, -0.25) is 0 Å². The van der Waals surface area contributed by atoms with Crippen LogP contribution < -0.4 is 0 Å². The normalized spacial score (nSPS) is 22.6. The Morgan fingerprint density at radius 2 is 2.50 bits per heavy atom. The van der Waals surface area contributed by atoms with Crippen LogP contribution in [0, 0.1) is 23.2 Å². The van der Waals surface area contributed by atoms with Gasteiger partial charge in [-0.2, -0.15) is 5.26 Å². The van der Waals surface area contributed by atoms with Gasteiger partial charge >= 0.3 is 0 Å². The van der Waals surface area contributed by atoms with E-state index in [1.54, 1.807) is 0 Å². The van der Waals surface area contributed by atoms with Crippen molar-refractivity contribution < 1.29 is 5.11 Å². The molecule has 0 aromatic carbocycles. The lowest BCUT2D eigenvalue weighted by Gasteiger charge is -2.22. The molecule has 0 heterocycles. The Morgan fingerprint density at radius 1 is 1.71 bits per heavy atom. The van der Waals surface area contributed by atoms with Crippen molar-refractivity contribution in [3.63, 3.8) is 0 Å². The number of hydrogen-bond donors (Lipinski definition) is 1. The third-order valence-electron chi connectivity index (χ3n) is 2.80. The van der Waals surface area contributed by atoms with E-state index in [1.807, 2.05) is 12.2 Å². The Hall–Kier alpha value is -1.07. The molecule has 0 aromatic heterocycles. The summed E-state index contributed by atoms with van der Waals surface area (Å²) in [7, 11) is 0. The molecule has 1 aliphatic rings. The highest BCUT2D eigenvalue weighted by molar-refractivity contribution is 5.30. The number of aliphatic hydroxyl groups excluding tert-OH is 1. The summed E-state index contributed by atoms with van der Waals surface area (Å²) >= 11 is 0. The zero-order valence-electron chi connectivity index (χ0n) is 8.61. The molecule has 2 heteroatoms. The molecule has 2 atom stereocenters. The molecule has 0 spiro atoms. The second kappa shape index (κ2) is 5.62. The third kappa shape index (κ3) is 3.01. The van der Waals surface area contributed by atoms with Gasteiger partial charge in [-0.05, 0) is 37.2 Å². The quantitative estimate of drug-likeness (QED) is 0.741. The molecule has 1 aliphatic carbocycles. The van der Waals surface area contributed by atoms with Gasteiger partial charge in [-0.15, -0.1) is 0 Å². The maximum absolute atomic E-state index is 8.77. The number of aliphatic hydroxyl groups is 1. The van der Waals surface area contributed by atoms with Gasteiger partial charge in [-0.25, -0.2) is 0 Å². The van der Waals surface area contributed by atoms with Crippen molar-refractivity contribution in [1.82, 2.24) is 0 Å². The highest BCUT2D eigenvalue weighted by Gasteiger charge is 2.17. The summed E-state index contributed by atoms with van der Waals surface area (Å²) < 4.78 is 0. The summed E-state index contributed by atoms with van der Waals surface area (Å²) in [5.41, 5.74) is 0.869. The van der Waals surface area contributed by atoms with E-state index in [-0.39, 0.29) is 6.61 Å². The highest BCUT2D eigenvalue weighted by Crippen LogP contribution is 2.27. The summed E-state index contributed by atoms with van der Waals surface area (Å²) in [4.78, 5) is 0. The van der Waals surface area contributed by atoms with Crippen LogP contribution in [0.3, 0.4) is 0 Å². The van der Waals surface area contributed by atoms with Gasteiger partial charge in [0.25, 0.3) is 0 Å². The number of hydrogen-bond acceptors (Lipinski definition) is 2. The Labute approximate surface area is 85.6 Å². The fraction of sp³-hybridized carbons (Fsp3) is 0.583. The first kappa shape index (κ1) is 11.0. The van der Waals surface area contributed by atoms with E-state index in [1.165, 1.54) is 0 Å². The van der Waals surface area contributed by atoms with Crippen molar-refractivity contribution in [2.75, 3.05) is 6.61 Å². The van der Waals surface area contributed by atoms with Crippen LogP contribution in [0.5, 0.6) is 0 Å². The minimum Gasteiger partial charge on any atom is -0.396 e. The first-order valence-electron chi connectivity index (χ1n) is 5.16. The predicted molar refractivity (Wildman–Crippen MR) is 56.4 cm³/mol. The van der Waals surface area contributed by atoms with Gasteiger partial charge in [0.1, 0.15) is 0 Å². The Balaban J connectivity index is 2.44. The van der Waals surface area contributed by atoms with Crippen molar-refractivity contribution in [1.29, 1.82) is 5.26 Å². The van der Waals surface area contributed by atoms with Gasteiger partial charge in [0.15, 0.2) is 0 Å². The van der Waals surface area contributed by atoms with Gasteiger partial charge < -0.3 is 5.11 Å². The SMILES string of the molecule is CC(CCCO)C1C=CC=C(C#N)C1. The van der Waals surface area contributed by atoms with Crippen LogP contribution in [0.1, 0.15) is 26.2 Å². The average molecular weight is 191 g/mol. The zero-order chi connectivity index (χ0) is 10.4. The third-order valence-corrected chi connectivity index (χ3v) is 2.80. The monoisotopic (exact) mass is 191 g/mol. The molecule has 1 rings (SSSR count). The van der Waals surface area contributed by atoms with Crippen molar-refractivity contribution in [3.05, 3.63) is 23.8 Å². The lowest BCUT2D eigenvalue weighted by atomic mass is 9.83. The molecule has 2 nitrogen and oxygen atoms in total. The van der Waals surface area contributed by atoms with Crippen molar-refractivity contribution in [3.8, 4) is 6.07 Å². The molecule has 0 aromatic rings. The molecule has 0 fully saturated rings. The second-order valence-corrected chi connectivity index (χ2v) is 3.90. The molecular formula is C12H17NO. The number of nitriles is 1. The standard InChI is InChI=1S/C12H17NO/c1-10(4-3-7-14)12-6-2-5-11(8-12)9-13/h2,5-6,10,12,14H,3-4,7-8H2,1H3. The molecule has 0 amide bonds. The van der Waals surface area contributed by atoms with Gasteiger partial charge in [0.2, 0.25) is 0 Å². The minimum atomic E-state index is 0.266. The van der Waals surface area contributed by atoms with Crippen LogP contribution in [-0.2, 0) is 0 Å². The first-order chi connectivity index (χ1) is 6.77. The second-order valence-electron chi connectivity index (χ2n) is 3.90. The summed E-state index contributed by atoms with van der Waals surface area (Å²) in [5.74, 6) is 1.02. The van der Waals surface area contributed by atoms with E-state index >= 15 is 0 Å². The summed E-state index contributed by atoms with van der Waals surface area (Å²) in [6.45, 7) is 2.45. The van der Waals surface area contributed by atoms with E-state index in [0.717, 1.165) is 24.8 Å². The largest absolute Gasteiger partial charge is 0.396 e. The molecular weight excluding hydrogens is 174 g/mol. The van der Waals surface area contributed by atoms with Crippen molar-refractivity contribution in [2.24, 2.45) is 11.8 Å². The fourth-order valence-corrected chi connectivity index (χ4v) is 1.81. The molecule has 2 unspecified atom stereocenters. The van der Waals surface area contributed by atoms with Crippen LogP contribution in [0.25, 0.3) is 0 Å². The van der Waals surface area contributed by atoms with E-state index in [2.05, 4.69) is 19.1 Å². The molecule has 1 N–H and O–H groups in total. The molecule has 14 heavy (non-hydrogen) atoms. The van der Waals surface area contributed by atoms with Gasteiger partial charge in [0.05, 0.1) is 6.07 Å². The minimum absolute atomic E-state index is 0.266. The van der Waals surface area contributed by atoms with Crippen molar-refractivity contribution in [2.45, 2.75) is 26.2 Å². The Kier molecular flexibility index (Phi) is 4.42.